The second-order valence-corrected chi connectivity index (χ2v) is 11.8. The number of aliphatic carboxylic acids is 1. The third kappa shape index (κ3) is 4.91. The van der Waals surface area contributed by atoms with Crippen LogP contribution in [0.5, 0.6) is 5.75 Å². The number of hydrogen-bond donors (Lipinski definition) is 1. The van der Waals surface area contributed by atoms with E-state index in [1.807, 2.05) is 24.3 Å². The highest BCUT2D eigenvalue weighted by molar-refractivity contribution is 8.00. The van der Waals surface area contributed by atoms with Gasteiger partial charge in [-0.3, -0.25) is 4.79 Å². The van der Waals surface area contributed by atoms with Crippen LogP contribution >= 0.6 is 11.8 Å². The molecule has 1 aromatic carbocycles. The Morgan fingerprint density at radius 3 is 2.21 bits per heavy atom. The van der Waals surface area contributed by atoms with Gasteiger partial charge in [0, 0.05) is 4.90 Å². The number of benzene rings is 1. The minimum Gasteiger partial charge on any atom is -0.544 e. The maximum Gasteiger partial charge on any atom is 0.313 e. The Morgan fingerprint density at radius 1 is 1.26 bits per heavy atom. The van der Waals surface area contributed by atoms with E-state index in [2.05, 4.69) is 33.9 Å². The predicted molar refractivity (Wildman–Crippen MR) is 82.6 cm³/mol. The van der Waals surface area contributed by atoms with Crippen molar-refractivity contribution in [1.29, 1.82) is 0 Å². The Bertz CT molecular complexity index is 435. The van der Waals surface area contributed by atoms with Gasteiger partial charge in [-0.25, -0.2) is 0 Å². The summed E-state index contributed by atoms with van der Waals surface area (Å²) in [5, 5.41) is 8.80. The summed E-state index contributed by atoms with van der Waals surface area (Å²) >= 11 is 1.32. The molecular formula is C14H22O3SSi. The van der Waals surface area contributed by atoms with E-state index in [4.69, 9.17) is 9.53 Å². The summed E-state index contributed by atoms with van der Waals surface area (Å²) in [7, 11) is -1.80. The first-order valence-electron chi connectivity index (χ1n) is 6.25. The summed E-state index contributed by atoms with van der Waals surface area (Å²) in [4.78, 5) is 11.4. The van der Waals surface area contributed by atoms with E-state index in [9.17, 15) is 4.79 Å². The molecule has 0 unspecified atom stereocenters. The van der Waals surface area contributed by atoms with Gasteiger partial charge in [-0.1, -0.05) is 20.8 Å². The molecule has 0 radical (unpaired) electrons. The lowest BCUT2D eigenvalue weighted by atomic mass is 10.2. The standard InChI is InChI=1S/C14H22O3SSi/c1-14(2,3)19(4,5)17-11-6-8-12(9-7-11)18-10-13(15)16/h6-9H,10H2,1-5H3,(H,15,16). The lowest BCUT2D eigenvalue weighted by Gasteiger charge is -2.36. The molecule has 3 nitrogen and oxygen atoms in total. The van der Waals surface area contributed by atoms with Crippen LogP contribution in [0.15, 0.2) is 29.2 Å². The van der Waals surface area contributed by atoms with Crippen LogP contribution in [-0.2, 0) is 4.79 Å². The van der Waals surface area contributed by atoms with Crippen LogP contribution in [-0.4, -0.2) is 25.1 Å². The van der Waals surface area contributed by atoms with Gasteiger partial charge in [0.05, 0.1) is 5.75 Å². The first-order chi connectivity index (χ1) is 8.62. The molecule has 0 spiro atoms. The number of hydrogen-bond acceptors (Lipinski definition) is 3. The van der Waals surface area contributed by atoms with E-state index >= 15 is 0 Å². The average molecular weight is 298 g/mol. The van der Waals surface area contributed by atoms with Gasteiger partial charge in [-0.05, 0) is 42.4 Å². The lowest BCUT2D eigenvalue weighted by Crippen LogP contribution is -2.43. The second kappa shape index (κ2) is 6.01. The van der Waals surface area contributed by atoms with Gasteiger partial charge >= 0.3 is 5.97 Å². The average Bonchev–Trinajstić information content (AvgIpc) is 2.26. The van der Waals surface area contributed by atoms with E-state index in [0.29, 0.717) is 0 Å². The molecule has 0 bridgehead atoms. The fraction of sp³-hybridized carbons (Fsp3) is 0.500. The Kier molecular flexibility index (Phi) is 5.09. The molecule has 0 aromatic heterocycles. The van der Waals surface area contributed by atoms with Crippen molar-refractivity contribution in [2.45, 2.75) is 43.8 Å². The largest absolute Gasteiger partial charge is 0.544 e. The fourth-order valence-corrected chi connectivity index (χ4v) is 2.85. The molecule has 0 amide bonds. The van der Waals surface area contributed by atoms with E-state index < -0.39 is 14.3 Å². The minimum absolute atomic E-state index is 0.0858. The second-order valence-electron chi connectivity index (χ2n) is 6.02. The molecule has 0 atom stereocenters. The van der Waals surface area contributed by atoms with Crippen molar-refractivity contribution in [3.8, 4) is 5.75 Å². The van der Waals surface area contributed by atoms with Crippen molar-refractivity contribution in [2.24, 2.45) is 0 Å². The van der Waals surface area contributed by atoms with Gasteiger partial charge in [-0.15, -0.1) is 11.8 Å². The van der Waals surface area contributed by atoms with Crippen LogP contribution in [0.3, 0.4) is 0 Å². The SMILES string of the molecule is CC(C)(C)[Si](C)(C)Oc1ccc(SCC(=O)O)cc1. The normalized spacial score (nSPS) is 12.3. The zero-order chi connectivity index (χ0) is 14.7. The van der Waals surface area contributed by atoms with Crippen LogP contribution < -0.4 is 4.43 Å². The molecule has 0 fully saturated rings. The van der Waals surface area contributed by atoms with Gasteiger partial charge in [0.15, 0.2) is 0 Å². The first kappa shape index (κ1) is 16.1. The third-order valence-corrected chi connectivity index (χ3v) is 8.72. The molecule has 5 heteroatoms. The van der Waals surface area contributed by atoms with E-state index in [1.54, 1.807) is 0 Å². The summed E-state index contributed by atoms with van der Waals surface area (Å²) in [6.45, 7) is 11.0. The highest BCUT2D eigenvalue weighted by atomic mass is 32.2. The van der Waals surface area contributed by atoms with Crippen molar-refractivity contribution >= 4 is 26.0 Å². The number of carboxylic acid groups (broad SMARTS) is 1. The molecule has 0 saturated carbocycles. The van der Waals surface area contributed by atoms with Crippen LogP contribution in [0.1, 0.15) is 20.8 Å². The molecule has 0 saturated heterocycles. The van der Waals surface area contributed by atoms with Gasteiger partial charge in [0.25, 0.3) is 0 Å². The smallest absolute Gasteiger partial charge is 0.313 e. The van der Waals surface area contributed by atoms with E-state index in [1.165, 1.54) is 11.8 Å². The quantitative estimate of drug-likeness (QED) is 0.652. The first-order valence-corrected chi connectivity index (χ1v) is 10.1. The molecule has 0 aliphatic heterocycles. The summed E-state index contributed by atoms with van der Waals surface area (Å²) in [6.07, 6.45) is 0. The highest BCUT2D eigenvalue weighted by Crippen LogP contribution is 2.37. The Labute approximate surface area is 120 Å². The minimum atomic E-state index is -1.80. The predicted octanol–water partition coefficient (Wildman–Crippen LogP) is 4.25. The van der Waals surface area contributed by atoms with Crippen molar-refractivity contribution in [3.05, 3.63) is 24.3 Å². The van der Waals surface area contributed by atoms with E-state index in [-0.39, 0.29) is 10.8 Å². The topological polar surface area (TPSA) is 46.5 Å². The maximum atomic E-state index is 10.5. The maximum absolute atomic E-state index is 10.5. The van der Waals surface area contributed by atoms with Gasteiger partial charge < -0.3 is 9.53 Å². The van der Waals surface area contributed by atoms with Crippen LogP contribution in [0.25, 0.3) is 0 Å². The van der Waals surface area contributed by atoms with Gasteiger partial charge in [-0.2, -0.15) is 0 Å². The summed E-state index contributed by atoms with van der Waals surface area (Å²) < 4.78 is 6.16. The monoisotopic (exact) mass is 298 g/mol. The van der Waals surface area contributed by atoms with Crippen LogP contribution in [0.4, 0.5) is 0 Å². The Morgan fingerprint density at radius 2 is 1.79 bits per heavy atom. The number of thioether (sulfide) groups is 1. The van der Waals surface area contributed by atoms with Crippen LogP contribution in [0.2, 0.25) is 18.1 Å². The zero-order valence-corrected chi connectivity index (χ0v) is 14.0. The third-order valence-electron chi connectivity index (χ3n) is 3.37. The zero-order valence-electron chi connectivity index (χ0n) is 12.2. The molecular weight excluding hydrogens is 276 g/mol. The number of carboxylic acids is 1. The Balaban J connectivity index is 2.69. The fourth-order valence-electron chi connectivity index (χ4n) is 1.20. The van der Waals surface area contributed by atoms with Crippen molar-refractivity contribution < 1.29 is 14.3 Å². The van der Waals surface area contributed by atoms with Crippen molar-refractivity contribution in [2.75, 3.05) is 5.75 Å². The molecule has 1 aromatic rings. The molecule has 0 aliphatic carbocycles. The van der Waals surface area contributed by atoms with Crippen molar-refractivity contribution in [3.63, 3.8) is 0 Å². The number of carbonyl (C=O) groups is 1. The summed E-state index contributed by atoms with van der Waals surface area (Å²) in [6, 6.07) is 7.67. The molecule has 0 heterocycles. The van der Waals surface area contributed by atoms with Crippen molar-refractivity contribution in [1.82, 2.24) is 0 Å². The van der Waals surface area contributed by atoms with Gasteiger partial charge in [0.2, 0.25) is 8.32 Å². The van der Waals surface area contributed by atoms with Crippen LogP contribution in [0, 0.1) is 0 Å². The molecule has 19 heavy (non-hydrogen) atoms. The molecule has 1 N–H and O–H groups in total. The summed E-state index contributed by atoms with van der Waals surface area (Å²) in [5.41, 5.74) is 0. The molecule has 1 rings (SSSR count). The highest BCUT2D eigenvalue weighted by Gasteiger charge is 2.38. The Hall–Kier alpha value is -0.943. The van der Waals surface area contributed by atoms with E-state index in [0.717, 1.165) is 10.6 Å². The lowest BCUT2D eigenvalue weighted by molar-refractivity contribution is -0.133. The molecule has 106 valence electrons. The number of rotatable bonds is 5. The molecule has 0 aliphatic rings. The van der Waals surface area contributed by atoms with Gasteiger partial charge in [0.1, 0.15) is 5.75 Å². The summed E-state index contributed by atoms with van der Waals surface area (Å²) in [5.74, 6) is 0.153.